The zero-order chi connectivity index (χ0) is 18.0. The molecular formula is C18H18F4N2O. The van der Waals surface area contributed by atoms with E-state index in [9.17, 15) is 17.6 Å². The van der Waals surface area contributed by atoms with Crippen LogP contribution in [0.3, 0.4) is 0 Å². The van der Waals surface area contributed by atoms with Crippen molar-refractivity contribution >= 4 is 5.69 Å². The Kier molecular flexibility index (Phi) is 4.83. The monoisotopic (exact) mass is 354 g/mol. The predicted octanol–water partition coefficient (Wildman–Crippen LogP) is 5.02. The van der Waals surface area contributed by atoms with Gasteiger partial charge in [-0.25, -0.2) is 4.39 Å². The molecule has 3 nitrogen and oxygen atoms in total. The molecule has 0 unspecified atom stereocenters. The average Bonchev–Trinajstić information content (AvgIpc) is 2.56. The van der Waals surface area contributed by atoms with Crippen LogP contribution in [0.25, 0.3) is 11.3 Å². The fourth-order valence-electron chi connectivity index (χ4n) is 2.91. The van der Waals surface area contributed by atoms with E-state index in [1.165, 1.54) is 6.07 Å². The summed E-state index contributed by atoms with van der Waals surface area (Å²) in [6, 6.07) is 7.06. The van der Waals surface area contributed by atoms with Crippen molar-refractivity contribution in [3.63, 3.8) is 0 Å². The van der Waals surface area contributed by atoms with E-state index in [4.69, 9.17) is 0 Å². The summed E-state index contributed by atoms with van der Waals surface area (Å²) in [5.41, 5.74) is 1.89. The van der Waals surface area contributed by atoms with Crippen LogP contribution >= 0.6 is 0 Å². The summed E-state index contributed by atoms with van der Waals surface area (Å²) in [6.07, 6.45) is -1.09. The van der Waals surface area contributed by atoms with Gasteiger partial charge in [-0.2, -0.15) is 0 Å². The number of piperidine rings is 1. The number of ether oxygens (including phenoxy) is 1. The standard InChI is InChI=1S/C18H18F4N2O/c1-12-5-8-24(9-6-12)14-4-7-23-16(11-14)13-2-3-17(15(19)10-13)25-18(20,21)22/h2-4,7,10-12H,5-6,8-9H2,1H3. The Morgan fingerprint density at radius 1 is 1.12 bits per heavy atom. The van der Waals surface area contributed by atoms with Crippen molar-refractivity contribution in [2.75, 3.05) is 18.0 Å². The zero-order valence-corrected chi connectivity index (χ0v) is 13.7. The highest BCUT2D eigenvalue weighted by molar-refractivity contribution is 5.65. The maximum atomic E-state index is 13.9. The molecule has 1 aliphatic rings. The maximum Gasteiger partial charge on any atom is 0.573 e. The van der Waals surface area contributed by atoms with Gasteiger partial charge >= 0.3 is 6.36 Å². The van der Waals surface area contributed by atoms with Gasteiger partial charge in [0.25, 0.3) is 0 Å². The number of hydrogen-bond donors (Lipinski definition) is 0. The van der Waals surface area contributed by atoms with Crippen molar-refractivity contribution in [2.45, 2.75) is 26.1 Å². The van der Waals surface area contributed by atoms with E-state index in [2.05, 4.69) is 21.5 Å². The lowest BCUT2D eigenvalue weighted by Crippen LogP contribution is -2.32. The van der Waals surface area contributed by atoms with Crippen LogP contribution in [0, 0.1) is 11.7 Å². The Balaban J connectivity index is 1.82. The molecule has 25 heavy (non-hydrogen) atoms. The molecule has 0 spiro atoms. The summed E-state index contributed by atoms with van der Waals surface area (Å²) in [7, 11) is 0. The number of hydrogen-bond acceptors (Lipinski definition) is 3. The molecule has 2 heterocycles. The van der Waals surface area contributed by atoms with Crippen LogP contribution in [0.5, 0.6) is 5.75 Å². The Morgan fingerprint density at radius 2 is 1.84 bits per heavy atom. The van der Waals surface area contributed by atoms with Gasteiger partial charge in [-0.1, -0.05) is 6.92 Å². The number of anilines is 1. The van der Waals surface area contributed by atoms with Crippen LogP contribution in [0.2, 0.25) is 0 Å². The van der Waals surface area contributed by atoms with Gasteiger partial charge in [-0.05, 0) is 49.1 Å². The Labute approximate surface area is 143 Å². The van der Waals surface area contributed by atoms with Crippen molar-refractivity contribution in [1.29, 1.82) is 0 Å². The minimum absolute atomic E-state index is 0.402. The largest absolute Gasteiger partial charge is 0.573 e. The molecule has 1 fully saturated rings. The number of alkyl halides is 3. The van der Waals surface area contributed by atoms with Crippen LogP contribution in [0.15, 0.2) is 36.5 Å². The highest BCUT2D eigenvalue weighted by atomic mass is 19.4. The van der Waals surface area contributed by atoms with Crippen LogP contribution in [0.1, 0.15) is 19.8 Å². The molecule has 0 atom stereocenters. The van der Waals surface area contributed by atoms with Crippen LogP contribution < -0.4 is 9.64 Å². The molecule has 0 bridgehead atoms. The average molecular weight is 354 g/mol. The van der Waals surface area contributed by atoms with E-state index in [0.717, 1.165) is 43.8 Å². The number of halogens is 4. The van der Waals surface area contributed by atoms with Gasteiger partial charge in [0.15, 0.2) is 11.6 Å². The van der Waals surface area contributed by atoms with Crippen LogP contribution in [-0.2, 0) is 0 Å². The SMILES string of the molecule is CC1CCN(c2ccnc(-c3ccc(OC(F)(F)F)c(F)c3)c2)CC1. The fourth-order valence-corrected chi connectivity index (χ4v) is 2.91. The zero-order valence-electron chi connectivity index (χ0n) is 13.7. The van der Waals surface area contributed by atoms with E-state index in [0.29, 0.717) is 17.2 Å². The van der Waals surface area contributed by atoms with E-state index >= 15 is 0 Å². The highest BCUT2D eigenvalue weighted by Gasteiger charge is 2.32. The Morgan fingerprint density at radius 3 is 2.48 bits per heavy atom. The molecule has 7 heteroatoms. The second-order valence-corrected chi connectivity index (χ2v) is 6.26. The molecule has 2 aromatic rings. The molecule has 1 aromatic heterocycles. The lowest BCUT2D eigenvalue weighted by molar-refractivity contribution is -0.275. The molecule has 0 amide bonds. The number of pyridine rings is 1. The number of benzene rings is 1. The molecular weight excluding hydrogens is 336 g/mol. The maximum absolute atomic E-state index is 13.9. The van der Waals surface area contributed by atoms with Crippen LogP contribution in [0.4, 0.5) is 23.2 Å². The summed E-state index contributed by atoms with van der Waals surface area (Å²) >= 11 is 0. The second kappa shape index (κ2) is 6.90. The van der Waals surface area contributed by atoms with Gasteiger partial charge in [0.1, 0.15) is 0 Å². The summed E-state index contributed by atoms with van der Waals surface area (Å²) in [5.74, 6) is -1.22. The van der Waals surface area contributed by atoms with Gasteiger partial charge in [-0.3, -0.25) is 4.98 Å². The normalized spacial score (nSPS) is 16.1. The quantitative estimate of drug-likeness (QED) is 0.724. The topological polar surface area (TPSA) is 25.4 Å². The first-order valence-corrected chi connectivity index (χ1v) is 8.08. The first kappa shape index (κ1) is 17.5. The highest BCUT2D eigenvalue weighted by Crippen LogP contribution is 2.31. The minimum Gasteiger partial charge on any atom is -0.403 e. The molecule has 1 saturated heterocycles. The van der Waals surface area contributed by atoms with Gasteiger partial charge in [0, 0.05) is 30.5 Å². The van der Waals surface area contributed by atoms with E-state index in [-0.39, 0.29) is 0 Å². The number of aromatic nitrogens is 1. The first-order valence-electron chi connectivity index (χ1n) is 8.08. The molecule has 1 aromatic carbocycles. The predicted molar refractivity (Wildman–Crippen MR) is 86.9 cm³/mol. The van der Waals surface area contributed by atoms with Gasteiger partial charge in [-0.15, -0.1) is 13.2 Å². The van der Waals surface area contributed by atoms with E-state index < -0.39 is 17.9 Å². The molecule has 3 rings (SSSR count). The molecule has 134 valence electrons. The number of rotatable bonds is 3. The lowest BCUT2D eigenvalue weighted by Gasteiger charge is -2.32. The summed E-state index contributed by atoms with van der Waals surface area (Å²) in [4.78, 5) is 6.45. The molecule has 0 aliphatic carbocycles. The molecule has 0 radical (unpaired) electrons. The van der Waals surface area contributed by atoms with Gasteiger partial charge in [0.05, 0.1) is 5.69 Å². The molecule has 0 N–H and O–H groups in total. The summed E-state index contributed by atoms with van der Waals surface area (Å²) in [6.45, 7) is 4.11. The van der Waals surface area contributed by atoms with Crippen molar-refractivity contribution in [3.8, 4) is 17.0 Å². The van der Waals surface area contributed by atoms with Gasteiger partial charge in [0.2, 0.25) is 0 Å². The van der Waals surface area contributed by atoms with Crippen LogP contribution in [-0.4, -0.2) is 24.4 Å². The summed E-state index contributed by atoms with van der Waals surface area (Å²) < 4.78 is 54.2. The van der Waals surface area contributed by atoms with Crippen molar-refractivity contribution in [3.05, 3.63) is 42.3 Å². The minimum atomic E-state index is -4.92. The first-order chi connectivity index (χ1) is 11.8. The van der Waals surface area contributed by atoms with Crippen molar-refractivity contribution in [1.82, 2.24) is 4.98 Å². The Hall–Kier alpha value is -2.31. The van der Waals surface area contributed by atoms with Gasteiger partial charge < -0.3 is 9.64 Å². The second-order valence-electron chi connectivity index (χ2n) is 6.26. The third kappa shape index (κ3) is 4.41. The third-order valence-electron chi connectivity index (χ3n) is 4.35. The Bertz CT molecular complexity index is 740. The lowest BCUT2D eigenvalue weighted by atomic mass is 9.99. The van der Waals surface area contributed by atoms with Crippen molar-refractivity contribution < 1.29 is 22.3 Å². The summed E-state index contributed by atoms with van der Waals surface area (Å²) in [5, 5.41) is 0. The van der Waals surface area contributed by atoms with E-state index in [1.54, 1.807) is 6.20 Å². The molecule has 1 aliphatic heterocycles. The number of nitrogens with zero attached hydrogens (tertiary/aromatic N) is 2. The smallest absolute Gasteiger partial charge is 0.403 e. The third-order valence-corrected chi connectivity index (χ3v) is 4.35. The molecule has 0 saturated carbocycles. The van der Waals surface area contributed by atoms with E-state index in [1.807, 2.05) is 12.1 Å². The fraction of sp³-hybridized carbons (Fsp3) is 0.389. The van der Waals surface area contributed by atoms with Crippen molar-refractivity contribution in [2.24, 2.45) is 5.92 Å².